The number of thiazole rings is 1. The van der Waals surface area contributed by atoms with Gasteiger partial charge in [0, 0.05) is 11.1 Å². The van der Waals surface area contributed by atoms with Gasteiger partial charge in [0.15, 0.2) is 0 Å². The molecule has 0 amide bonds. The van der Waals surface area contributed by atoms with Crippen molar-refractivity contribution in [3.8, 4) is 0 Å². The average molecular weight is 295 g/mol. The maximum absolute atomic E-state index is 4.25. The van der Waals surface area contributed by atoms with Crippen molar-refractivity contribution in [2.45, 2.75) is 52.9 Å². The lowest BCUT2D eigenvalue weighted by molar-refractivity contribution is 0.145. The van der Waals surface area contributed by atoms with Gasteiger partial charge in [-0.15, -0.1) is 11.3 Å². The Labute approximate surface area is 128 Å². The van der Waals surface area contributed by atoms with E-state index >= 15 is 0 Å². The van der Waals surface area contributed by atoms with Crippen LogP contribution in [0.4, 0.5) is 0 Å². The maximum Gasteiger partial charge on any atom is 0.0794 e. The zero-order valence-electron chi connectivity index (χ0n) is 13.3. The van der Waals surface area contributed by atoms with Gasteiger partial charge in [0.05, 0.1) is 5.51 Å². The lowest BCUT2D eigenvalue weighted by atomic mass is 9.69. The number of hydrogen-bond donors (Lipinski definition) is 1. The molecule has 3 unspecified atom stereocenters. The summed E-state index contributed by atoms with van der Waals surface area (Å²) in [4.78, 5) is 5.72. The van der Waals surface area contributed by atoms with Crippen molar-refractivity contribution < 1.29 is 0 Å². The van der Waals surface area contributed by atoms with Crippen LogP contribution in [-0.2, 0) is 6.42 Å². The molecule has 2 rings (SSSR count). The van der Waals surface area contributed by atoms with E-state index in [0.29, 0.717) is 0 Å². The summed E-state index contributed by atoms with van der Waals surface area (Å²) in [6, 6.07) is 0. The van der Waals surface area contributed by atoms with Crippen LogP contribution in [-0.4, -0.2) is 18.1 Å². The van der Waals surface area contributed by atoms with Crippen LogP contribution in [0, 0.1) is 23.7 Å². The normalized spacial score (nSPS) is 27.1. The van der Waals surface area contributed by atoms with E-state index in [4.69, 9.17) is 0 Å². The SMILES string of the molecule is CCCNCC1CCC(C(C)C)CC1Cc1cncs1. The van der Waals surface area contributed by atoms with Gasteiger partial charge in [-0.2, -0.15) is 0 Å². The van der Waals surface area contributed by atoms with E-state index in [1.165, 1.54) is 43.5 Å². The number of hydrogen-bond acceptors (Lipinski definition) is 3. The van der Waals surface area contributed by atoms with E-state index < -0.39 is 0 Å². The third-order valence-electron chi connectivity index (χ3n) is 4.90. The van der Waals surface area contributed by atoms with Crippen molar-refractivity contribution in [3.05, 3.63) is 16.6 Å². The highest BCUT2D eigenvalue weighted by Crippen LogP contribution is 2.39. The predicted molar refractivity (Wildman–Crippen MR) is 88.1 cm³/mol. The number of rotatable bonds is 7. The van der Waals surface area contributed by atoms with Crippen molar-refractivity contribution in [1.82, 2.24) is 10.3 Å². The molecule has 114 valence electrons. The minimum absolute atomic E-state index is 0.837. The van der Waals surface area contributed by atoms with Gasteiger partial charge >= 0.3 is 0 Å². The smallest absolute Gasteiger partial charge is 0.0794 e. The van der Waals surface area contributed by atoms with Gasteiger partial charge < -0.3 is 5.32 Å². The van der Waals surface area contributed by atoms with Crippen LogP contribution in [0.2, 0.25) is 0 Å². The highest BCUT2D eigenvalue weighted by atomic mass is 32.1. The standard InChI is InChI=1S/C17H30N2S/c1-4-7-18-10-15-6-5-14(13(2)3)8-16(15)9-17-11-19-12-20-17/h11-16,18H,4-10H2,1-3H3. The third-order valence-corrected chi connectivity index (χ3v) is 5.71. The topological polar surface area (TPSA) is 24.9 Å². The molecule has 1 fully saturated rings. The Morgan fingerprint density at radius 3 is 2.85 bits per heavy atom. The Kier molecular flexibility index (Phi) is 6.50. The van der Waals surface area contributed by atoms with Crippen LogP contribution >= 0.6 is 11.3 Å². The molecular formula is C17H30N2S. The molecule has 0 radical (unpaired) electrons. The highest BCUT2D eigenvalue weighted by molar-refractivity contribution is 7.09. The molecule has 0 bridgehead atoms. The van der Waals surface area contributed by atoms with Crippen LogP contribution in [0.25, 0.3) is 0 Å². The number of nitrogens with one attached hydrogen (secondary N) is 1. The zero-order valence-corrected chi connectivity index (χ0v) is 14.1. The fourth-order valence-corrected chi connectivity index (χ4v) is 4.24. The van der Waals surface area contributed by atoms with E-state index in [2.05, 4.69) is 37.3 Å². The van der Waals surface area contributed by atoms with Gasteiger partial charge in [0.1, 0.15) is 0 Å². The first-order chi connectivity index (χ1) is 9.70. The quantitative estimate of drug-likeness (QED) is 0.755. The van der Waals surface area contributed by atoms with Gasteiger partial charge in [0.2, 0.25) is 0 Å². The molecule has 3 heteroatoms. The summed E-state index contributed by atoms with van der Waals surface area (Å²) in [6.07, 6.45) is 8.79. The van der Waals surface area contributed by atoms with Gasteiger partial charge in [-0.05, 0) is 68.9 Å². The summed E-state index contributed by atoms with van der Waals surface area (Å²) in [7, 11) is 0. The van der Waals surface area contributed by atoms with Crippen LogP contribution in [0.15, 0.2) is 11.7 Å². The van der Waals surface area contributed by atoms with Gasteiger partial charge in [-0.25, -0.2) is 0 Å². The van der Waals surface area contributed by atoms with E-state index in [9.17, 15) is 0 Å². The molecule has 1 saturated carbocycles. The summed E-state index contributed by atoms with van der Waals surface area (Å²) in [5.74, 6) is 3.47. The minimum Gasteiger partial charge on any atom is -0.316 e. The fraction of sp³-hybridized carbons (Fsp3) is 0.824. The van der Waals surface area contributed by atoms with Crippen molar-refractivity contribution in [2.24, 2.45) is 23.7 Å². The summed E-state index contributed by atoms with van der Waals surface area (Å²) in [6.45, 7) is 9.41. The molecule has 3 atom stereocenters. The molecule has 1 aromatic rings. The van der Waals surface area contributed by atoms with Crippen LogP contribution in [0.1, 0.15) is 51.3 Å². The summed E-state index contributed by atoms with van der Waals surface area (Å²) in [5, 5.41) is 3.65. The summed E-state index contributed by atoms with van der Waals surface area (Å²) < 4.78 is 0. The molecule has 0 spiro atoms. The van der Waals surface area contributed by atoms with Crippen molar-refractivity contribution in [3.63, 3.8) is 0 Å². The van der Waals surface area contributed by atoms with Crippen LogP contribution in [0.5, 0.6) is 0 Å². The molecule has 2 nitrogen and oxygen atoms in total. The van der Waals surface area contributed by atoms with Gasteiger partial charge in [0.25, 0.3) is 0 Å². The second-order valence-corrected chi connectivity index (χ2v) is 7.68. The first-order valence-electron chi connectivity index (χ1n) is 8.28. The van der Waals surface area contributed by atoms with Crippen molar-refractivity contribution in [2.75, 3.05) is 13.1 Å². The lowest BCUT2D eigenvalue weighted by Crippen LogP contribution is -2.35. The number of nitrogens with zero attached hydrogens (tertiary/aromatic N) is 1. The zero-order chi connectivity index (χ0) is 14.4. The Bertz CT molecular complexity index is 361. The Balaban J connectivity index is 1.94. The molecule has 20 heavy (non-hydrogen) atoms. The summed E-state index contributed by atoms with van der Waals surface area (Å²) >= 11 is 1.83. The third kappa shape index (κ3) is 4.56. The van der Waals surface area contributed by atoms with Crippen LogP contribution in [0.3, 0.4) is 0 Å². The first kappa shape index (κ1) is 16.0. The molecule has 1 aliphatic carbocycles. The minimum atomic E-state index is 0.837. The molecule has 1 N–H and O–H groups in total. The first-order valence-corrected chi connectivity index (χ1v) is 9.16. The van der Waals surface area contributed by atoms with Crippen molar-refractivity contribution in [1.29, 1.82) is 0 Å². The second-order valence-electron chi connectivity index (χ2n) is 6.71. The Hall–Kier alpha value is -0.410. The van der Waals surface area contributed by atoms with Gasteiger partial charge in [-0.3, -0.25) is 4.98 Å². The Morgan fingerprint density at radius 1 is 1.35 bits per heavy atom. The van der Waals surface area contributed by atoms with Gasteiger partial charge in [-0.1, -0.05) is 20.8 Å². The lowest BCUT2D eigenvalue weighted by Gasteiger charge is -2.38. The molecule has 1 aliphatic rings. The highest BCUT2D eigenvalue weighted by Gasteiger charge is 2.31. The molecule has 1 heterocycles. The second kappa shape index (κ2) is 8.14. The monoisotopic (exact) mass is 294 g/mol. The number of aromatic nitrogens is 1. The van der Waals surface area contributed by atoms with E-state index in [-0.39, 0.29) is 0 Å². The fourth-order valence-electron chi connectivity index (χ4n) is 3.55. The molecule has 0 aliphatic heterocycles. The molecule has 0 saturated heterocycles. The predicted octanol–water partition coefficient (Wildman–Crippen LogP) is 4.37. The molecule has 1 aromatic heterocycles. The molecule has 0 aromatic carbocycles. The van der Waals surface area contributed by atoms with E-state index in [0.717, 1.165) is 30.2 Å². The maximum atomic E-state index is 4.25. The largest absolute Gasteiger partial charge is 0.316 e. The van der Waals surface area contributed by atoms with Crippen molar-refractivity contribution >= 4 is 11.3 Å². The summed E-state index contributed by atoms with van der Waals surface area (Å²) in [5.41, 5.74) is 1.97. The van der Waals surface area contributed by atoms with E-state index in [1.807, 2.05) is 16.8 Å². The van der Waals surface area contributed by atoms with Crippen LogP contribution < -0.4 is 5.32 Å². The Morgan fingerprint density at radius 2 is 2.20 bits per heavy atom. The molecular weight excluding hydrogens is 264 g/mol. The average Bonchev–Trinajstić information content (AvgIpc) is 2.93. The van der Waals surface area contributed by atoms with E-state index in [1.54, 1.807) is 0 Å².